The van der Waals surface area contributed by atoms with Gasteiger partial charge in [-0.25, -0.2) is 22.0 Å². The smallest absolute Gasteiger partial charge is 0.429 e. The van der Waals surface area contributed by atoms with Gasteiger partial charge in [0.25, 0.3) is 0 Å². The molecule has 3 aromatic rings. The Morgan fingerprint density at radius 2 is 1.45 bits per heavy atom. The minimum Gasteiger partial charge on any atom is -0.429 e. The van der Waals surface area contributed by atoms with E-state index in [1.807, 2.05) is 19.1 Å². The topological polar surface area (TPSA) is 9.23 Å². The molecule has 0 saturated heterocycles. The van der Waals surface area contributed by atoms with Gasteiger partial charge in [-0.3, -0.25) is 0 Å². The Balaban J connectivity index is 1.48. The molecule has 0 bridgehead atoms. The van der Waals surface area contributed by atoms with E-state index in [0.717, 1.165) is 43.7 Å². The summed E-state index contributed by atoms with van der Waals surface area (Å²) in [6, 6.07) is 8.96. The lowest BCUT2D eigenvalue weighted by atomic mass is 9.77. The van der Waals surface area contributed by atoms with E-state index in [1.54, 1.807) is 12.1 Å². The second-order valence-electron chi connectivity index (χ2n) is 9.59. The maximum atomic E-state index is 14.9. The summed E-state index contributed by atoms with van der Waals surface area (Å²) in [6.45, 7) is 2.02. The molecule has 0 atom stereocenters. The van der Waals surface area contributed by atoms with Crippen LogP contribution in [0.1, 0.15) is 62.5 Å². The summed E-state index contributed by atoms with van der Waals surface area (Å²) in [6.07, 6.45) is 6.39. The fourth-order valence-electron chi connectivity index (χ4n) is 5.01. The van der Waals surface area contributed by atoms with Crippen molar-refractivity contribution < 1.29 is 35.5 Å². The first-order valence-electron chi connectivity index (χ1n) is 12.5. The van der Waals surface area contributed by atoms with Gasteiger partial charge in [-0.15, -0.1) is 0 Å². The van der Waals surface area contributed by atoms with Crippen molar-refractivity contribution in [1.29, 1.82) is 0 Å². The van der Waals surface area contributed by atoms with Gasteiger partial charge in [-0.1, -0.05) is 42.5 Å². The summed E-state index contributed by atoms with van der Waals surface area (Å²) < 4.78 is 103. The zero-order valence-electron chi connectivity index (χ0n) is 20.7. The number of benzene rings is 3. The van der Waals surface area contributed by atoms with Crippen LogP contribution in [-0.2, 0) is 6.11 Å². The molecule has 0 radical (unpaired) electrons. The molecule has 1 saturated carbocycles. The molecule has 1 nitrogen and oxygen atoms in total. The first-order valence-corrected chi connectivity index (χ1v) is 12.5. The molecule has 1 fully saturated rings. The van der Waals surface area contributed by atoms with Crippen LogP contribution in [0.15, 0.2) is 60.7 Å². The predicted molar refractivity (Wildman–Crippen MR) is 131 cm³/mol. The predicted octanol–water partition coefficient (Wildman–Crippen LogP) is 9.81. The molecule has 4 rings (SSSR count). The van der Waals surface area contributed by atoms with Crippen LogP contribution in [0, 0.1) is 35.0 Å². The highest BCUT2D eigenvalue weighted by atomic mass is 19.3. The third-order valence-corrected chi connectivity index (χ3v) is 7.12. The fraction of sp³-hybridized carbons (Fsp3) is 0.333. The molecule has 0 unspecified atom stereocenters. The van der Waals surface area contributed by atoms with E-state index < -0.39 is 46.5 Å². The number of rotatable bonds is 8. The number of hydrogen-bond donors (Lipinski definition) is 0. The van der Waals surface area contributed by atoms with Crippen LogP contribution in [-0.4, -0.2) is 0 Å². The Bertz CT molecular complexity index is 1270. The first kappa shape index (κ1) is 27.7. The summed E-state index contributed by atoms with van der Waals surface area (Å²) in [7, 11) is 0. The van der Waals surface area contributed by atoms with E-state index in [4.69, 9.17) is 0 Å². The molecular weight excluding hydrogens is 509 g/mol. The molecule has 0 amide bonds. The van der Waals surface area contributed by atoms with Crippen LogP contribution < -0.4 is 4.74 Å². The summed E-state index contributed by atoms with van der Waals surface area (Å²) in [5.41, 5.74) is -0.285. The van der Waals surface area contributed by atoms with Crippen LogP contribution in [0.2, 0.25) is 0 Å². The fourth-order valence-corrected chi connectivity index (χ4v) is 5.01. The van der Waals surface area contributed by atoms with E-state index in [2.05, 4.69) is 16.9 Å². The third-order valence-electron chi connectivity index (χ3n) is 7.12. The monoisotopic (exact) mass is 536 g/mol. The van der Waals surface area contributed by atoms with Gasteiger partial charge < -0.3 is 4.74 Å². The molecule has 0 N–H and O–H groups in total. The summed E-state index contributed by atoms with van der Waals surface area (Å²) in [5, 5.41) is 0. The maximum absolute atomic E-state index is 14.9. The third kappa shape index (κ3) is 6.05. The number of halogens is 7. The minimum absolute atomic E-state index is 0.187. The summed E-state index contributed by atoms with van der Waals surface area (Å²) in [4.78, 5) is 0. The van der Waals surface area contributed by atoms with Crippen LogP contribution in [0.3, 0.4) is 0 Å². The molecule has 8 heteroatoms. The highest BCUT2D eigenvalue weighted by molar-refractivity contribution is 5.65. The average Bonchev–Trinajstić information content (AvgIpc) is 2.89. The Hall–Kier alpha value is -3.29. The van der Waals surface area contributed by atoms with E-state index in [1.165, 1.54) is 6.42 Å². The number of hydrogen-bond acceptors (Lipinski definition) is 1. The quantitative estimate of drug-likeness (QED) is 0.158. The molecule has 1 aliphatic rings. The van der Waals surface area contributed by atoms with E-state index in [0.29, 0.717) is 23.5 Å². The Morgan fingerprint density at radius 3 is 2.05 bits per heavy atom. The Kier molecular flexibility index (Phi) is 8.48. The van der Waals surface area contributed by atoms with Crippen LogP contribution in [0.25, 0.3) is 11.1 Å². The van der Waals surface area contributed by atoms with Crippen molar-refractivity contribution in [2.24, 2.45) is 5.92 Å². The van der Waals surface area contributed by atoms with Crippen molar-refractivity contribution in [3.05, 3.63) is 101 Å². The molecule has 0 aliphatic heterocycles. The second kappa shape index (κ2) is 11.6. The van der Waals surface area contributed by atoms with Gasteiger partial charge in [0.05, 0.1) is 0 Å². The van der Waals surface area contributed by atoms with Crippen LogP contribution >= 0.6 is 0 Å². The Labute approximate surface area is 217 Å². The first-order chi connectivity index (χ1) is 18.1. The molecule has 202 valence electrons. The molecule has 1 aliphatic carbocycles. The number of ether oxygens (including phenoxy) is 1. The number of alkyl halides is 2. The molecule has 3 aromatic carbocycles. The largest absolute Gasteiger partial charge is 0.429 e. The molecule has 0 spiro atoms. The normalized spacial score (nSPS) is 18.2. The van der Waals surface area contributed by atoms with Gasteiger partial charge in [0.15, 0.2) is 29.1 Å². The molecule has 0 heterocycles. The highest BCUT2D eigenvalue weighted by Crippen LogP contribution is 2.40. The zero-order valence-corrected chi connectivity index (χ0v) is 20.7. The van der Waals surface area contributed by atoms with Gasteiger partial charge in [0.1, 0.15) is 11.3 Å². The van der Waals surface area contributed by atoms with Gasteiger partial charge >= 0.3 is 6.11 Å². The lowest BCUT2D eigenvalue weighted by Gasteiger charge is -2.28. The van der Waals surface area contributed by atoms with Crippen molar-refractivity contribution in [3.8, 4) is 16.9 Å². The van der Waals surface area contributed by atoms with Crippen molar-refractivity contribution >= 4 is 0 Å². The van der Waals surface area contributed by atoms with Gasteiger partial charge in [-0.2, -0.15) is 8.78 Å². The summed E-state index contributed by atoms with van der Waals surface area (Å²) >= 11 is 0. The van der Waals surface area contributed by atoms with Gasteiger partial charge in [-0.05, 0) is 74.5 Å². The maximum Gasteiger partial charge on any atom is 0.429 e. The lowest BCUT2D eigenvalue weighted by molar-refractivity contribution is -0.187. The van der Waals surface area contributed by atoms with Crippen molar-refractivity contribution in [1.82, 2.24) is 0 Å². The van der Waals surface area contributed by atoms with Crippen molar-refractivity contribution in [3.63, 3.8) is 0 Å². The van der Waals surface area contributed by atoms with Gasteiger partial charge in [0.2, 0.25) is 0 Å². The lowest BCUT2D eigenvalue weighted by Crippen LogP contribution is -2.24. The molecular formula is C30H27F7O. The second-order valence-corrected chi connectivity index (χ2v) is 9.59. The standard InChI is InChI=1S/C30H27F7O/c1-2-3-4-5-18-6-8-19(9-7-18)20-10-12-21(13-11-20)23-14-15-24(28(34)27(23)33)30(36,37)38-22-16-25(31)29(35)26(32)17-22/h2-3,10-19H,4-9H2,1H3/b3-2+. The van der Waals surface area contributed by atoms with Crippen LogP contribution in [0.4, 0.5) is 30.7 Å². The highest BCUT2D eigenvalue weighted by Gasteiger charge is 2.40. The van der Waals surface area contributed by atoms with Crippen molar-refractivity contribution in [2.45, 2.75) is 57.5 Å². The SMILES string of the molecule is C/C=C/CCC1CCC(c2ccc(-c3ccc(C(F)(F)Oc4cc(F)c(F)c(F)c4)c(F)c3F)cc2)CC1. The van der Waals surface area contributed by atoms with Gasteiger partial charge in [0, 0.05) is 17.7 Å². The van der Waals surface area contributed by atoms with Crippen LogP contribution in [0.5, 0.6) is 5.75 Å². The van der Waals surface area contributed by atoms with Crippen molar-refractivity contribution in [2.75, 3.05) is 0 Å². The Morgan fingerprint density at radius 1 is 0.816 bits per heavy atom. The van der Waals surface area contributed by atoms with E-state index in [-0.39, 0.29) is 17.7 Å². The molecule has 0 aromatic heterocycles. The molecule has 38 heavy (non-hydrogen) atoms. The minimum atomic E-state index is -4.49. The average molecular weight is 537 g/mol. The zero-order chi connectivity index (χ0) is 27.4. The summed E-state index contributed by atoms with van der Waals surface area (Å²) in [5.74, 6) is -8.79. The van der Waals surface area contributed by atoms with E-state index in [9.17, 15) is 30.7 Å². The number of allylic oxidation sites excluding steroid dienone is 2. The van der Waals surface area contributed by atoms with E-state index >= 15 is 0 Å².